The van der Waals surface area contributed by atoms with E-state index in [2.05, 4.69) is 19.2 Å². The number of carbonyl (C=O) groups excluding carboxylic acids is 1. The lowest BCUT2D eigenvalue weighted by Crippen LogP contribution is -2.46. The van der Waals surface area contributed by atoms with Crippen LogP contribution in [0.25, 0.3) is 0 Å². The molecule has 0 aromatic heterocycles. The van der Waals surface area contributed by atoms with E-state index in [4.69, 9.17) is 9.05 Å². The zero-order valence-corrected chi connectivity index (χ0v) is 44.7. The molecule has 0 aliphatic carbocycles. The van der Waals surface area contributed by atoms with E-state index in [1.54, 1.807) is 0 Å². The number of aliphatic hydroxyl groups is 1. The Balaban J connectivity index is 4.03. The van der Waals surface area contributed by atoms with E-state index in [9.17, 15) is 19.4 Å². The van der Waals surface area contributed by atoms with Gasteiger partial charge < -0.3 is 19.8 Å². The molecule has 0 saturated carbocycles. The Morgan fingerprint density at radius 3 is 1.05 bits per heavy atom. The average molecular weight is 930 g/mol. The van der Waals surface area contributed by atoms with Gasteiger partial charge in [-0.05, 0) is 12.8 Å². The minimum absolute atomic E-state index is 0.0789. The number of hydrogen-bond donors (Lipinski definition) is 3. The van der Waals surface area contributed by atoms with Gasteiger partial charge in [0.2, 0.25) is 5.91 Å². The maximum atomic E-state index is 13.0. The summed E-state index contributed by atoms with van der Waals surface area (Å²) in [6, 6.07) is -0.754. The highest BCUT2D eigenvalue weighted by Gasteiger charge is 2.28. The Hall–Kier alpha value is -0.500. The maximum absolute atomic E-state index is 13.0. The molecule has 0 bridgehead atoms. The van der Waals surface area contributed by atoms with Crippen molar-refractivity contribution < 1.29 is 32.9 Å². The van der Waals surface area contributed by atoms with Crippen LogP contribution in [0.4, 0.5) is 0 Å². The molecule has 0 aliphatic rings. The van der Waals surface area contributed by atoms with E-state index in [0.717, 1.165) is 38.5 Å². The molecule has 0 aromatic carbocycles. The van der Waals surface area contributed by atoms with Crippen molar-refractivity contribution in [3.63, 3.8) is 0 Å². The zero-order chi connectivity index (χ0) is 47.1. The van der Waals surface area contributed by atoms with Crippen LogP contribution < -0.4 is 5.32 Å². The van der Waals surface area contributed by atoms with Crippen LogP contribution in [-0.2, 0) is 18.4 Å². The molecule has 0 rings (SSSR count). The quantitative estimate of drug-likeness (QED) is 0.0319. The van der Waals surface area contributed by atoms with Crippen molar-refractivity contribution in [2.75, 3.05) is 40.9 Å². The molecule has 0 spiro atoms. The smallest absolute Gasteiger partial charge is 0.391 e. The lowest BCUT2D eigenvalue weighted by atomic mass is 10.0. The van der Waals surface area contributed by atoms with Crippen LogP contribution in [0.1, 0.15) is 296 Å². The fraction of sp³-hybridized carbons (Fsp3) is 0.982. The van der Waals surface area contributed by atoms with Gasteiger partial charge in [-0.15, -0.1) is 0 Å². The molecule has 1 unspecified atom stereocenters. The van der Waals surface area contributed by atoms with Gasteiger partial charge in [-0.2, -0.15) is 0 Å². The number of aliphatic hydroxyl groups excluding tert-OH is 1. The highest BCUT2D eigenvalue weighted by molar-refractivity contribution is 7.47. The third-order valence-corrected chi connectivity index (χ3v) is 14.3. The van der Waals surface area contributed by atoms with Crippen LogP contribution in [0, 0.1) is 0 Å². The van der Waals surface area contributed by atoms with Crippen LogP contribution in [0.5, 0.6) is 0 Å². The third kappa shape index (κ3) is 49.4. The topological polar surface area (TPSA) is 105 Å². The molecule has 0 saturated heterocycles. The second kappa shape index (κ2) is 47.6. The standard InChI is InChI=1S/C55H113N2O6P/c1-6-8-10-12-14-16-18-20-22-23-24-25-26-27-28-29-30-31-32-33-34-35-37-39-41-43-45-47-49-55(59)56-53(52-63-64(60,61)62-51-50-57(3,4)5)54(58)48-46-44-42-40-38-36-21-19-17-15-13-11-9-7-2/h53-54,58H,6-52H2,1-5H3,(H-,56,59,60,61)/p+1/t53-,54+/m0/s1. The van der Waals surface area contributed by atoms with Crippen molar-refractivity contribution in [2.24, 2.45) is 0 Å². The summed E-state index contributed by atoms with van der Waals surface area (Å²) in [5.74, 6) is -0.137. The van der Waals surface area contributed by atoms with Crippen molar-refractivity contribution >= 4 is 13.7 Å². The summed E-state index contributed by atoms with van der Waals surface area (Å²) >= 11 is 0. The maximum Gasteiger partial charge on any atom is 0.472 e. The number of hydrogen-bond acceptors (Lipinski definition) is 5. The highest BCUT2D eigenvalue weighted by Crippen LogP contribution is 2.43. The molecule has 0 aliphatic heterocycles. The summed E-state index contributed by atoms with van der Waals surface area (Å²) in [6.07, 6.45) is 55.9. The number of quaternary nitrogens is 1. The molecular weight excluding hydrogens is 816 g/mol. The second-order valence-corrected chi connectivity index (χ2v) is 22.5. The largest absolute Gasteiger partial charge is 0.472 e. The number of carbonyl (C=O) groups is 1. The van der Waals surface area contributed by atoms with Crippen LogP contribution >= 0.6 is 7.82 Å². The van der Waals surface area contributed by atoms with Gasteiger partial charge in [0.05, 0.1) is 39.9 Å². The van der Waals surface area contributed by atoms with Gasteiger partial charge in [-0.25, -0.2) is 4.57 Å². The average Bonchev–Trinajstić information content (AvgIpc) is 3.25. The first-order valence-corrected chi connectivity index (χ1v) is 29.9. The van der Waals surface area contributed by atoms with Crippen molar-refractivity contribution in [3.05, 3.63) is 0 Å². The number of nitrogens with zero attached hydrogens (tertiary/aromatic N) is 1. The third-order valence-electron chi connectivity index (χ3n) is 13.4. The SMILES string of the molecule is CCCCCCCCCCCCCCCCCCCCCCCCCCCCCCC(=O)N[C@@H](COP(=O)(O)OCC[N+](C)(C)C)[C@H](O)CCCCCCCCCCCCCCCC. The van der Waals surface area contributed by atoms with Gasteiger partial charge >= 0.3 is 7.82 Å². The van der Waals surface area contributed by atoms with Crippen molar-refractivity contribution in [2.45, 2.75) is 309 Å². The molecule has 384 valence electrons. The van der Waals surface area contributed by atoms with E-state index < -0.39 is 20.0 Å². The minimum atomic E-state index is -4.31. The molecule has 64 heavy (non-hydrogen) atoms. The Morgan fingerprint density at radius 1 is 0.469 bits per heavy atom. The summed E-state index contributed by atoms with van der Waals surface area (Å²) in [5.41, 5.74) is 0. The molecule has 1 amide bonds. The van der Waals surface area contributed by atoms with Crippen LogP contribution in [0.2, 0.25) is 0 Å². The molecule has 0 aromatic rings. The molecule has 9 heteroatoms. The van der Waals surface area contributed by atoms with E-state index in [0.29, 0.717) is 23.9 Å². The summed E-state index contributed by atoms with van der Waals surface area (Å²) < 4.78 is 23.7. The Bertz CT molecular complexity index is 1010. The number of rotatable bonds is 53. The van der Waals surface area contributed by atoms with Crippen LogP contribution in [-0.4, -0.2) is 73.4 Å². The molecule has 3 N–H and O–H groups in total. The first-order chi connectivity index (χ1) is 31.0. The number of phosphoric ester groups is 1. The Labute approximate surface area is 399 Å². The minimum Gasteiger partial charge on any atom is -0.391 e. The highest BCUT2D eigenvalue weighted by atomic mass is 31.2. The summed E-state index contributed by atoms with van der Waals surface area (Å²) in [5, 5.41) is 14.0. The Kier molecular flexibility index (Phi) is 47.2. The normalized spacial score (nSPS) is 13.9. The van der Waals surface area contributed by atoms with E-state index in [1.165, 1.54) is 231 Å². The molecule has 0 heterocycles. The van der Waals surface area contributed by atoms with Gasteiger partial charge in [0.25, 0.3) is 0 Å². The number of amides is 1. The molecule has 3 atom stereocenters. The number of likely N-dealkylation sites (N-methyl/N-ethyl adjacent to an activating group) is 1. The monoisotopic (exact) mass is 930 g/mol. The molecule has 0 radical (unpaired) electrons. The van der Waals surface area contributed by atoms with Gasteiger partial charge in [0, 0.05) is 6.42 Å². The first-order valence-electron chi connectivity index (χ1n) is 28.4. The van der Waals surface area contributed by atoms with Crippen molar-refractivity contribution in [3.8, 4) is 0 Å². The summed E-state index contributed by atoms with van der Waals surface area (Å²) in [4.78, 5) is 23.3. The van der Waals surface area contributed by atoms with Crippen LogP contribution in [0.15, 0.2) is 0 Å². The van der Waals surface area contributed by atoms with Crippen LogP contribution in [0.3, 0.4) is 0 Å². The predicted octanol–water partition coefficient (Wildman–Crippen LogP) is 16.9. The van der Waals surface area contributed by atoms with Gasteiger partial charge in [0.15, 0.2) is 0 Å². The van der Waals surface area contributed by atoms with Gasteiger partial charge in [0.1, 0.15) is 13.2 Å². The number of unbranched alkanes of at least 4 members (excludes halogenated alkanes) is 40. The van der Waals surface area contributed by atoms with Gasteiger partial charge in [-0.3, -0.25) is 13.8 Å². The fourth-order valence-corrected chi connectivity index (χ4v) is 9.61. The first kappa shape index (κ1) is 63.5. The van der Waals surface area contributed by atoms with E-state index >= 15 is 0 Å². The van der Waals surface area contributed by atoms with E-state index in [-0.39, 0.29) is 19.1 Å². The number of nitrogens with one attached hydrogen (secondary N) is 1. The van der Waals surface area contributed by atoms with E-state index in [1.807, 2.05) is 21.1 Å². The fourth-order valence-electron chi connectivity index (χ4n) is 8.87. The summed E-state index contributed by atoms with van der Waals surface area (Å²) in [7, 11) is 1.63. The summed E-state index contributed by atoms with van der Waals surface area (Å²) in [6.45, 7) is 4.93. The van der Waals surface area contributed by atoms with Crippen molar-refractivity contribution in [1.29, 1.82) is 0 Å². The predicted molar refractivity (Wildman–Crippen MR) is 277 cm³/mol. The number of phosphoric acid groups is 1. The second-order valence-electron chi connectivity index (χ2n) is 21.0. The van der Waals surface area contributed by atoms with Gasteiger partial charge in [-0.1, -0.05) is 277 Å². The van der Waals surface area contributed by atoms with Crippen molar-refractivity contribution in [1.82, 2.24) is 5.32 Å². The molecular formula is C55H114N2O6P+. The lowest BCUT2D eigenvalue weighted by molar-refractivity contribution is -0.870. The molecule has 0 fully saturated rings. The Morgan fingerprint density at radius 2 is 0.750 bits per heavy atom. The lowest BCUT2D eigenvalue weighted by Gasteiger charge is -2.26. The zero-order valence-electron chi connectivity index (χ0n) is 43.8. The molecule has 8 nitrogen and oxygen atoms in total.